The van der Waals surface area contributed by atoms with Gasteiger partial charge in [0.1, 0.15) is 0 Å². The highest BCUT2D eigenvalue weighted by atomic mass is 16.5. The first kappa shape index (κ1) is 21.0. The van der Waals surface area contributed by atoms with E-state index in [1.54, 1.807) is 19.4 Å². The molecule has 0 bridgehead atoms. The van der Waals surface area contributed by atoms with E-state index >= 15 is 0 Å². The van der Waals surface area contributed by atoms with Crippen LogP contribution in [0.25, 0.3) is 10.9 Å². The number of pyridine rings is 1. The molecule has 0 unspecified atom stereocenters. The van der Waals surface area contributed by atoms with Crippen LogP contribution in [-0.4, -0.2) is 18.7 Å². The van der Waals surface area contributed by atoms with Crippen LogP contribution in [0.2, 0.25) is 0 Å². The van der Waals surface area contributed by atoms with E-state index in [1.165, 1.54) is 44.1 Å². The van der Waals surface area contributed by atoms with Gasteiger partial charge in [-0.3, -0.25) is 4.98 Å². The van der Waals surface area contributed by atoms with Crippen LogP contribution in [0.5, 0.6) is 11.5 Å². The molecule has 0 amide bonds. The molecule has 1 heterocycles. The Morgan fingerprint density at radius 3 is 2.41 bits per heavy atom. The van der Waals surface area contributed by atoms with Crippen molar-refractivity contribution in [1.82, 2.24) is 4.98 Å². The van der Waals surface area contributed by atoms with E-state index < -0.39 is 0 Å². The molecule has 29 heavy (non-hydrogen) atoms. The van der Waals surface area contributed by atoms with Crippen LogP contribution in [0.4, 0.5) is 5.69 Å². The molecule has 1 aromatic heterocycles. The average Bonchev–Trinajstić information content (AvgIpc) is 2.74. The Labute approximate surface area is 174 Å². The molecular formula is C25H32N2O2. The summed E-state index contributed by atoms with van der Waals surface area (Å²) in [5, 5.41) is 0.949. The highest BCUT2D eigenvalue weighted by molar-refractivity contribution is 5.98. The molecular weight excluding hydrogens is 360 g/mol. The number of fused-ring (bicyclic) bond motifs is 1. The van der Waals surface area contributed by atoms with Gasteiger partial charge in [0.05, 0.1) is 30.3 Å². The Kier molecular flexibility index (Phi) is 7.74. The summed E-state index contributed by atoms with van der Waals surface area (Å²) in [5.74, 6) is 1.43. The van der Waals surface area contributed by atoms with E-state index in [4.69, 9.17) is 15.2 Å². The molecule has 0 atom stereocenters. The molecule has 0 radical (unpaired) electrons. The smallest absolute Gasteiger partial charge is 0.170 e. The monoisotopic (exact) mass is 392 g/mol. The number of ether oxygens (including phenoxy) is 2. The Bertz CT molecular complexity index is 910. The summed E-state index contributed by atoms with van der Waals surface area (Å²) in [6, 6.07) is 14.5. The summed E-state index contributed by atoms with van der Waals surface area (Å²) in [5.41, 5.74) is 10.1. The number of nitrogens with two attached hydrogens (primary N) is 1. The number of nitrogen functional groups attached to an aromatic ring is 1. The quantitative estimate of drug-likeness (QED) is 0.316. The van der Waals surface area contributed by atoms with Crippen molar-refractivity contribution in [2.24, 2.45) is 0 Å². The van der Waals surface area contributed by atoms with Gasteiger partial charge in [-0.25, -0.2) is 0 Å². The number of rotatable bonds is 11. The summed E-state index contributed by atoms with van der Waals surface area (Å²) < 4.78 is 11.7. The van der Waals surface area contributed by atoms with Gasteiger partial charge in [0.15, 0.2) is 11.5 Å². The number of hydrogen-bond acceptors (Lipinski definition) is 4. The minimum atomic E-state index is 0.614. The number of anilines is 1. The fourth-order valence-electron chi connectivity index (χ4n) is 3.71. The van der Waals surface area contributed by atoms with Gasteiger partial charge in [-0.2, -0.15) is 0 Å². The number of aryl methyl sites for hydroxylation is 2. The molecule has 0 aliphatic heterocycles. The fraction of sp³-hybridized carbons (Fsp3) is 0.400. The van der Waals surface area contributed by atoms with Gasteiger partial charge in [0.25, 0.3) is 0 Å². The van der Waals surface area contributed by atoms with Crippen molar-refractivity contribution in [3.8, 4) is 11.5 Å². The second-order valence-electron chi connectivity index (χ2n) is 7.55. The summed E-state index contributed by atoms with van der Waals surface area (Å²) >= 11 is 0. The van der Waals surface area contributed by atoms with Crippen molar-refractivity contribution in [2.45, 2.75) is 51.9 Å². The molecule has 3 aromatic rings. The topological polar surface area (TPSA) is 57.4 Å². The fourth-order valence-corrected chi connectivity index (χ4v) is 3.71. The normalized spacial score (nSPS) is 11.0. The zero-order valence-corrected chi connectivity index (χ0v) is 17.6. The number of hydrogen-bond donors (Lipinski definition) is 1. The molecule has 0 fully saturated rings. The number of unbranched alkanes of at least 4 members (excludes halogenated alkanes) is 5. The summed E-state index contributed by atoms with van der Waals surface area (Å²) in [7, 11) is 1.65. The van der Waals surface area contributed by atoms with Crippen molar-refractivity contribution < 1.29 is 9.47 Å². The molecule has 4 nitrogen and oxygen atoms in total. The van der Waals surface area contributed by atoms with Crippen molar-refractivity contribution in [2.75, 3.05) is 19.5 Å². The summed E-state index contributed by atoms with van der Waals surface area (Å²) in [6.07, 6.45) is 10.3. The van der Waals surface area contributed by atoms with Crippen molar-refractivity contribution in [3.63, 3.8) is 0 Å². The SMILES string of the molecule is COc1cc(N)c2nccc(C)c2c1OCCCCCCCCc1ccccc1. The van der Waals surface area contributed by atoms with Gasteiger partial charge >= 0.3 is 0 Å². The van der Waals surface area contributed by atoms with Gasteiger partial charge in [-0.15, -0.1) is 0 Å². The third-order valence-corrected chi connectivity index (χ3v) is 5.34. The standard InChI is InChI=1S/C25H32N2O2/c1-19-15-16-27-24-21(26)18-22(28-2)25(23(19)24)29-17-11-6-4-3-5-8-12-20-13-9-7-10-14-20/h7,9-10,13-16,18H,3-6,8,11-12,17,26H2,1-2H3. The zero-order chi connectivity index (χ0) is 20.5. The lowest BCUT2D eigenvalue weighted by Gasteiger charge is -2.16. The van der Waals surface area contributed by atoms with Crippen molar-refractivity contribution in [3.05, 3.63) is 59.8 Å². The number of benzene rings is 2. The molecule has 2 N–H and O–H groups in total. The van der Waals surface area contributed by atoms with E-state index in [1.807, 2.05) is 13.0 Å². The van der Waals surface area contributed by atoms with Crippen LogP contribution in [0.1, 0.15) is 49.7 Å². The highest BCUT2D eigenvalue weighted by Crippen LogP contribution is 2.40. The van der Waals surface area contributed by atoms with Gasteiger partial charge in [0.2, 0.25) is 0 Å². The van der Waals surface area contributed by atoms with Crippen LogP contribution in [-0.2, 0) is 6.42 Å². The predicted molar refractivity (Wildman–Crippen MR) is 121 cm³/mol. The molecule has 2 aromatic carbocycles. The maximum absolute atomic E-state index is 6.14. The van der Waals surface area contributed by atoms with E-state index in [0.29, 0.717) is 18.0 Å². The first-order chi connectivity index (χ1) is 14.2. The van der Waals surface area contributed by atoms with E-state index in [2.05, 4.69) is 35.3 Å². The van der Waals surface area contributed by atoms with Crippen LogP contribution in [0.15, 0.2) is 48.7 Å². The molecule has 4 heteroatoms. The molecule has 0 saturated carbocycles. The average molecular weight is 393 g/mol. The van der Waals surface area contributed by atoms with Crippen LogP contribution >= 0.6 is 0 Å². The Hall–Kier alpha value is -2.75. The predicted octanol–water partition coefficient (Wildman–Crippen LogP) is 6.10. The second-order valence-corrected chi connectivity index (χ2v) is 7.55. The van der Waals surface area contributed by atoms with E-state index in [0.717, 1.165) is 28.6 Å². The van der Waals surface area contributed by atoms with Crippen LogP contribution in [0, 0.1) is 6.92 Å². The molecule has 0 aliphatic carbocycles. The first-order valence-corrected chi connectivity index (χ1v) is 10.6. The lowest BCUT2D eigenvalue weighted by molar-refractivity contribution is 0.288. The van der Waals surface area contributed by atoms with Crippen molar-refractivity contribution in [1.29, 1.82) is 0 Å². The number of nitrogens with zero attached hydrogens (tertiary/aromatic N) is 1. The molecule has 0 aliphatic rings. The molecule has 0 saturated heterocycles. The van der Waals surface area contributed by atoms with Crippen LogP contribution in [0.3, 0.4) is 0 Å². The maximum Gasteiger partial charge on any atom is 0.170 e. The minimum absolute atomic E-state index is 0.614. The molecule has 154 valence electrons. The maximum atomic E-state index is 6.14. The minimum Gasteiger partial charge on any atom is -0.493 e. The van der Waals surface area contributed by atoms with E-state index in [-0.39, 0.29) is 0 Å². The van der Waals surface area contributed by atoms with Gasteiger partial charge in [0, 0.05) is 12.3 Å². The Morgan fingerprint density at radius 2 is 1.66 bits per heavy atom. The summed E-state index contributed by atoms with van der Waals surface area (Å²) in [6.45, 7) is 2.72. The number of methoxy groups -OCH3 is 1. The molecule has 0 spiro atoms. The third-order valence-electron chi connectivity index (χ3n) is 5.34. The van der Waals surface area contributed by atoms with Gasteiger partial charge in [-0.1, -0.05) is 56.0 Å². The molecule has 3 rings (SSSR count). The highest BCUT2D eigenvalue weighted by Gasteiger charge is 2.15. The third kappa shape index (κ3) is 5.63. The second kappa shape index (κ2) is 10.7. The first-order valence-electron chi connectivity index (χ1n) is 10.6. The van der Waals surface area contributed by atoms with Gasteiger partial charge in [-0.05, 0) is 43.4 Å². The Morgan fingerprint density at radius 1 is 0.931 bits per heavy atom. The lowest BCUT2D eigenvalue weighted by atomic mass is 10.1. The largest absolute Gasteiger partial charge is 0.493 e. The van der Waals surface area contributed by atoms with Gasteiger partial charge < -0.3 is 15.2 Å². The summed E-state index contributed by atoms with van der Waals surface area (Å²) in [4.78, 5) is 4.43. The Balaban J connectivity index is 1.43. The zero-order valence-electron chi connectivity index (χ0n) is 17.6. The van der Waals surface area contributed by atoms with Crippen molar-refractivity contribution >= 4 is 16.6 Å². The number of aromatic nitrogens is 1. The van der Waals surface area contributed by atoms with Crippen LogP contribution < -0.4 is 15.2 Å². The van der Waals surface area contributed by atoms with E-state index in [9.17, 15) is 0 Å². The lowest BCUT2D eigenvalue weighted by Crippen LogP contribution is -2.03.